The molecule has 10 nitrogen and oxygen atoms in total. The van der Waals surface area contributed by atoms with E-state index in [0.717, 1.165) is 5.56 Å². The molecule has 10 heteroatoms. The fourth-order valence-electron chi connectivity index (χ4n) is 4.53. The average molecular weight is 612 g/mol. The van der Waals surface area contributed by atoms with Gasteiger partial charge in [0.1, 0.15) is 35.1 Å². The first-order valence-electron chi connectivity index (χ1n) is 15.1. The maximum Gasteiger partial charge on any atom is 0.408 e. The second-order valence-corrected chi connectivity index (χ2v) is 13.2. The van der Waals surface area contributed by atoms with Gasteiger partial charge in [-0.2, -0.15) is 0 Å². The summed E-state index contributed by atoms with van der Waals surface area (Å²) in [5, 5.41) is 15.5. The van der Waals surface area contributed by atoms with Crippen molar-refractivity contribution >= 4 is 23.9 Å². The van der Waals surface area contributed by atoms with Crippen LogP contribution in [-0.2, 0) is 30.3 Å². The number of alkyl carbamates (subject to hydrolysis) is 1. The predicted octanol–water partition coefficient (Wildman–Crippen LogP) is 5.29. The molecule has 0 bridgehead atoms. The molecular weight excluding hydrogens is 562 g/mol. The van der Waals surface area contributed by atoms with E-state index in [1.165, 1.54) is 17.0 Å². The Balaban J connectivity index is 2.55. The summed E-state index contributed by atoms with van der Waals surface area (Å²) in [6.07, 6.45) is -0.0791. The zero-order valence-corrected chi connectivity index (χ0v) is 27.5. The van der Waals surface area contributed by atoms with E-state index in [4.69, 9.17) is 9.47 Å². The predicted molar refractivity (Wildman–Crippen MR) is 169 cm³/mol. The Morgan fingerprint density at radius 3 is 1.91 bits per heavy atom. The van der Waals surface area contributed by atoms with Crippen LogP contribution in [0.2, 0.25) is 0 Å². The van der Waals surface area contributed by atoms with E-state index < -0.39 is 53.2 Å². The molecule has 0 aliphatic carbocycles. The number of esters is 1. The zero-order valence-electron chi connectivity index (χ0n) is 27.5. The van der Waals surface area contributed by atoms with Crippen LogP contribution in [0.4, 0.5) is 4.79 Å². The first-order chi connectivity index (χ1) is 20.4. The molecule has 3 N–H and O–H groups in total. The second kappa shape index (κ2) is 15.6. The Hall–Kier alpha value is -4.08. The number of aromatic hydroxyl groups is 1. The van der Waals surface area contributed by atoms with Crippen LogP contribution in [-0.4, -0.2) is 63.7 Å². The van der Waals surface area contributed by atoms with Crippen LogP contribution in [0.25, 0.3) is 0 Å². The Morgan fingerprint density at radius 1 is 0.841 bits per heavy atom. The summed E-state index contributed by atoms with van der Waals surface area (Å²) in [5.74, 6) is -2.06. The van der Waals surface area contributed by atoms with E-state index in [1.807, 2.05) is 37.3 Å². The minimum atomic E-state index is -1.19. The Labute approximate surface area is 261 Å². The van der Waals surface area contributed by atoms with Gasteiger partial charge in [0.05, 0.1) is 0 Å². The average Bonchev–Trinajstić information content (AvgIpc) is 2.90. The first kappa shape index (κ1) is 36.1. The maximum absolute atomic E-state index is 14.2. The number of nitrogens with one attached hydrogen (secondary N) is 2. The van der Waals surface area contributed by atoms with Crippen LogP contribution < -0.4 is 10.6 Å². The van der Waals surface area contributed by atoms with E-state index >= 15 is 0 Å². The molecule has 3 atom stereocenters. The highest BCUT2D eigenvalue weighted by Gasteiger charge is 2.39. The van der Waals surface area contributed by atoms with E-state index in [9.17, 15) is 24.3 Å². The topological polar surface area (TPSA) is 134 Å². The van der Waals surface area contributed by atoms with Crippen LogP contribution in [0.1, 0.15) is 85.9 Å². The number of ether oxygens (including phenoxy) is 2. The number of phenolic OH excluding ortho intramolecular Hbond substituents is 1. The molecule has 242 valence electrons. The summed E-state index contributed by atoms with van der Waals surface area (Å²) in [7, 11) is 0. The van der Waals surface area contributed by atoms with Gasteiger partial charge < -0.3 is 30.1 Å². The molecule has 0 aromatic heterocycles. The lowest BCUT2D eigenvalue weighted by molar-refractivity contribution is -0.159. The van der Waals surface area contributed by atoms with Gasteiger partial charge in [0.2, 0.25) is 11.8 Å². The minimum Gasteiger partial charge on any atom is -0.508 e. The molecule has 2 aromatic rings. The van der Waals surface area contributed by atoms with Crippen LogP contribution in [0.3, 0.4) is 0 Å². The van der Waals surface area contributed by atoms with Gasteiger partial charge in [-0.3, -0.25) is 9.59 Å². The molecule has 0 aliphatic heterocycles. The van der Waals surface area contributed by atoms with Gasteiger partial charge in [0.15, 0.2) is 0 Å². The third kappa shape index (κ3) is 11.5. The van der Waals surface area contributed by atoms with Crippen molar-refractivity contribution in [1.29, 1.82) is 0 Å². The third-order valence-electron chi connectivity index (χ3n) is 6.41. The van der Waals surface area contributed by atoms with E-state index in [-0.39, 0.29) is 24.6 Å². The zero-order chi connectivity index (χ0) is 33.2. The van der Waals surface area contributed by atoms with Gasteiger partial charge in [-0.15, -0.1) is 0 Å². The number of carbonyl (C=O) groups is 4. The molecule has 0 saturated heterocycles. The summed E-state index contributed by atoms with van der Waals surface area (Å²) in [5.41, 5.74) is -0.339. The first-order valence-corrected chi connectivity index (χ1v) is 15.1. The molecule has 0 aliphatic rings. The van der Waals surface area contributed by atoms with Crippen molar-refractivity contribution in [2.45, 2.75) is 104 Å². The third-order valence-corrected chi connectivity index (χ3v) is 6.41. The fraction of sp³-hybridized carbons (Fsp3) is 0.529. The fourth-order valence-corrected chi connectivity index (χ4v) is 4.53. The lowest BCUT2D eigenvalue weighted by atomic mass is 9.98. The number of benzene rings is 2. The van der Waals surface area contributed by atoms with Crippen molar-refractivity contribution in [1.82, 2.24) is 15.5 Å². The van der Waals surface area contributed by atoms with Crippen LogP contribution in [0.5, 0.6) is 5.75 Å². The maximum atomic E-state index is 14.2. The van der Waals surface area contributed by atoms with Crippen molar-refractivity contribution in [2.24, 2.45) is 5.92 Å². The molecular formula is C34H49N3O7. The van der Waals surface area contributed by atoms with Gasteiger partial charge >= 0.3 is 12.1 Å². The number of hydrogen-bond donors (Lipinski definition) is 3. The van der Waals surface area contributed by atoms with E-state index in [0.29, 0.717) is 12.0 Å². The molecule has 3 amide bonds. The standard InChI is InChI=1S/C34H49N3O7/c1-10-20-37(30(40)27(22(2)3)36-32(42)44-34(7,8)9)28(24-16-18-25(38)19-17-24)29(39)35-26(31(41)43-33(4,5)6)21-23-14-12-11-13-15-23/h11-19,22,26-28,38H,10,20-21H2,1-9H3,(H,35,39)(H,36,42). The summed E-state index contributed by atoms with van der Waals surface area (Å²) in [6.45, 7) is 16.0. The van der Waals surface area contributed by atoms with Crippen molar-refractivity contribution < 1.29 is 33.8 Å². The highest BCUT2D eigenvalue weighted by molar-refractivity contribution is 5.94. The lowest BCUT2D eigenvalue weighted by Crippen LogP contribution is -2.56. The molecule has 0 radical (unpaired) electrons. The van der Waals surface area contributed by atoms with Gasteiger partial charge in [0, 0.05) is 13.0 Å². The van der Waals surface area contributed by atoms with Gasteiger partial charge in [-0.05, 0) is 77.1 Å². The lowest BCUT2D eigenvalue weighted by Gasteiger charge is -2.36. The Kier molecular flexibility index (Phi) is 12.8. The Morgan fingerprint density at radius 2 is 1.41 bits per heavy atom. The van der Waals surface area contributed by atoms with Gasteiger partial charge in [-0.1, -0.05) is 63.2 Å². The van der Waals surface area contributed by atoms with E-state index in [1.54, 1.807) is 67.5 Å². The van der Waals surface area contributed by atoms with Crippen LogP contribution in [0.15, 0.2) is 54.6 Å². The monoisotopic (exact) mass is 611 g/mol. The van der Waals surface area contributed by atoms with Crippen LogP contribution in [0, 0.1) is 5.92 Å². The highest BCUT2D eigenvalue weighted by atomic mass is 16.6. The number of rotatable bonds is 12. The molecule has 2 rings (SSSR count). The van der Waals surface area contributed by atoms with Crippen molar-refractivity contribution in [3.05, 3.63) is 65.7 Å². The van der Waals surface area contributed by atoms with Crippen molar-refractivity contribution in [2.75, 3.05) is 6.54 Å². The minimum absolute atomic E-state index is 0.0105. The Bertz CT molecular complexity index is 1250. The normalized spacial score (nSPS) is 13.8. The van der Waals surface area contributed by atoms with E-state index in [2.05, 4.69) is 10.6 Å². The molecule has 0 fully saturated rings. The summed E-state index contributed by atoms with van der Waals surface area (Å²) in [6, 6.07) is 12.0. The number of carbonyl (C=O) groups excluding carboxylic acids is 4. The summed E-state index contributed by atoms with van der Waals surface area (Å²) in [4.78, 5) is 55.9. The largest absolute Gasteiger partial charge is 0.508 e. The van der Waals surface area contributed by atoms with Crippen molar-refractivity contribution in [3.63, 3.8) is 0 Å². The quantitative estimate of drug-likeness (QED) is 0.278. The molecule has 0 spiro atoms. The smallest absolute Gasteiger partial charge is 0.408 e. The summed E-state index contributed by atoms with van der Waals surface area (Å²) >= 11 is 0. The second-order valence-electron chi connectivity index (χ2n) is 13.2. The number of nitrogens with zero attached hydrogens (tertiary/aromatic N) is 1. The molecule has 0 heterocycles. The number of phenols is 1. The molecule has 44 heavy (non-hydrogen) atoms. The molecule has 2 aromatic carbocycles. The highest BCUT2D eigenvalue weighted by Crippen LogP contribution is 2.26. The van der Waals surface area contributed by atoms with Crippen LogP contribution >= 0.6 is 0 Å². The molecule has 0 saturated carbocycles. The van der Waals surface area contributed by atoms with Gasteiger partial charge in [0.25, 0.3) is 0 Å². The SMILES string of the molecule is CCCN(C(=O)C(NC(=O)OC(C)(C)C)C(C)C)C(C(=O)NC(Cc1ccccc1)C(=O)OC(C)(C)C)c1ccc(O)cc1. The number of hydrogen-bond acceptors (Lipinski definition) is 7. The summed E-state index contributed by atoms with van der Waals surface area (Å²) < 4.78 is 11.1. The van der Waals surface area contributed by atoms with Gasteiger partial charge in [-0.25, -0.2) is 9.59 Å². The number of amides is 3. The van der Waals surface area contributed by atoms with Crippen molar-refractivity contribution in [3.8, 4) is 5.75 Å². The molecule has 3 unspecified atom stereocenters.